The van der Waals surface area contributed by atoms with Gasteiger partial charge in [0.15, 0.2) is 5.17 Å². The average molecular weight is 533 g/mol. The number of benzene rings is 3. The number of ether oxygens (including phenoxy) is 1. The molecule has 0 saturated heterocycles. The molecule has 188 valence electrons. The molecule has 0 aliphatic carbocycles. The van der Waals surface area contributed by atoms with Crippen molar-refractivity contribution in [1.82, 2.24) is 5.01 Å². The Balaban J connectivity index is 1.34. The summed E-state index contributed by atoms with van der Waals surface area (Å²) < 4.78 is 5.20. The van der Waals surface area contributed by atoms with Gasteiger partial charge >= 0.3 is 0 Å². The molecule has 2 aliphatic heterocycles. The number of methoxy groups -OCH3 is 1. The van der Waals surface area contributed by atoms with E-state index in [2.05, 4.69) is 22.4 Å². The SMILES string of the molecule is COc1cccc(NC(=O)C[C@@H]2SC(N3N=C(c4ccc(C)cc4)C[C@H]3c3cccc(Cl)c3)=NC2=O)c1. The highest BCUT2D eigenvalue weighted by molar-refractivity contribution is 8.15. The van der Waals surface area contributed by atoms with Gasteiger partial charge in [0, 0.05) is 29.6 Å². The van der Waals surface area contributed by atoms with Gasteiger partial charge in [0.2, 0.25) is 5.91 Å². The minimum absolute atomic E-state index is 0.00207. The van der Waals surface area contributed by atoms with E-state index in [9.17, 15) is 9.59 Å². The van der Waals surface area contributed by atoms with Crippen LogP contribution in [0, 0.1) is 6.92 Å². The van der Waals surface area contributed by atoms with Crippen LogP contribution < -0.4 is 10.1 Å². The Morgan fingerprint density at radius 3 is 2.68 bits per heavy atom. The first-order chi connectivity index (χ1) is 17.9. The molecule has 0 radical (unpaired) electrons. The van der Waals surface area contributed by atoms with Crippen LogP contribution in [0.25, 0.3) is 0 Å². The fourth-order valence-electron chi connectivity index (χ4n) is 4.27. The number of aryl methyl sites for hydroxylation is 1. The van der Waals surface area contributed by atoms with Crippen LogP contribution in [0.4, 0.5) is 5.69 Å². The lowest BCUT2D eigenvalue weighted by Gasteiger charge is -2.23. The van der Waals surface area contributed by atoms with Crippen molar-refractivity contribution >= 4 is 51.7 Å². The number of nitrogens with one attached hydrogen (secondary N) is 1. The Bertz CT molecular complexity index is 1410. The van der Waals surface area contributed by atoms with E-state index in [4.69, 9.17) is 21.4 Å². The van der Waals surface area contributed by atoms with Crippen molar-refractivity contribution < 1.29 is 14.3 Å². The second-order valence-electron chi connectivity index (χ2n) is 8.86. The molecule has 2 heterocycles. The first kappa shape index (κ1) is 25.0. The molecule has 0 aromatic heterocycles. The number of hydrogen-bond acceptors (Lipinski definition) is 6. The van der Waals surface area contributed by atoms with Crippen molar-refractivity contribution in [2.75, 3.05) is 12.4 Å². The summed E-state index contributed by atoms with van der Waals surface area (Å²) in [5.74, 6) is 0.0231. The van der Waals surface area contributed by atoms with Crippen molar-refractivity contribution in [1.29, 1.82) is 0 Å². The van der Waals surface area contributed by atoms with Crippen molar-refractivity contribution in [2.45, 2.75) is 31.1 Å². The van der Waals surface area contributed by atoms with Crippen LogP contribution >= 0.6 is 23.4 Å². The third-order valence-electron chi connectivity index (χ3n) is 6.18. The standard InChI is InChI=1S/C28H25ClN4O3S/c1-17-9-11-18(12-10-17)23-15-24(19-5-3-6-20(29)13-19)33(32-23)28-31-27(35)25(37-28)16-26(34)30-21-7-4-8-22(14-21)36-2/h3-14,24-25H,15-16H2,1-2H3,(H,30,34)/t24-,25-/m0/s1. The Hall–Kier alpha value is -3.62. The molecular formula is C28H25ClN4O3S. The second kappa shape index (κ2) is 10.8. The van der Waals surface area contributed by atoms with Crippen molar-refractivity contribution in [2.24, 2.45) is 10.1 Å². The third-order valence-corrected chi connectivity index (χ3v) is 7.55. The van der Waals surface area contributed by atoms with Gasteiger partial charge in [-0.1, -0.05) is 71.4 Å². The van der Waals surface area contributed by atoms with Gasteiger partial charge in [0.05, 0.1) is 18.9 Å². The van der Waals surface area contributed by atoms with E-state index < -0.39 is 5.25 Å². The van der Waals surface area contributed by atoms with Gasteiger partial charge in [0.1, 0.15) is 11.0 Å². The normalized spacial score (nSPS) is 19.0. The zero-order valence-electron chi connectivity index (χ0n) is 20.3. The van der Waals surface area contributed by atoms with Gasteiger partial charge in [-0.05, 0) is 42.3 Å². The van der Waals surface area contributed by atoms with Crippen molar-refractivity contribution in [3.63, 3.8) is 0 Å². The van der Waals surface area contributed by atoms with E-state index in [-0.39, 0.29) is 24.3 Å². The molecule has 5 rings (SSSR count). The average Bonchev–Trinajstić information content (AvgIpc) is 3.48. The molecule has 7 nitrogen and oxygen atoms in total. The number of hydrazone groups is 1. The molecule has 0 bridgehead atoms. The number of amidine groups is 1. The zero-order chi connectivity index (χ0) is 25.9. The highest BCUT2D eigenvalue weighted by Gasteiger charge is 2.39. The van der Waals surface area contributed by atoms with Crippen LogP contribution in [0.15, 0.2) is 82.9 Å². The monoisotopic (exact) mass is 532 g/mol. The van der Waals surface area contributed by atoms with E-state index in [1.165, 1.54) is 17.3 Å². The number of hydrogen-bond donors (Lipinski definition) is 1. The molecule has 0 unspecified atom stereocenters. The Labute approximate surface area is 224 Å². The molecule has 3 aromatic rings. The smallest absolute Gasteiger partial charge is 0.262 e. The number of anilines is 1. The minimum atomic E-state index is -0.626. The summed E-state index contributed by atoms with van der Waals surface area (Å²) in [7, 11) is 1.56. The predicted molar refractivity (Wildman–Crippen MR) is 148 cm³/mol. The molecule has 0 fully saturated rings. The van der Waals surface area contributed by atoms with E-state index >= 15 is 0 Å². The first-order valence-electron chi connectivity index (χ1n) is 11.8. The zero-order valence-corrected chi connectivity index (χ0v) is 21.9. The Morgan fingerprint density at radius 2 is 1.92 bits per heavy atom. The van der Waals surface area contributed by atoms with Crippen LogP contribution in [0.1, 0.15) is 35.6 Å². The molecule has 9 heteroatoms. The van der Waals surface area contributed by atoms with Crippen LogP contribution in [-0.2, 0) is 9.59 Å². The van der Waals surface area contributed by atoms with Gasteiger partial charge in [-0.2, -0.15) is 10.1 Å². The topological polar surface area (TPSA) is 83.4 Å². The number of carbonyl (C=O) groups is 2. The molecule has 3 aromatic carbocycles. The largest absolute Gasteiger partial charge is 0.497 e. The number of halogens is 1. The van der Waals surface area contributed by atoms with Crippen molar-refractivity contribution in [3.05, 3.63) is 94.5 Å². The molecule has 2 aliphatic rings. The Kier molecular flexibility index (Phi) is 7.30. The summed E-state index contributed by atoms with van der Waals surface area (Å²) in [4.78, 5) is 29.8. The molecular weight excluding hydrogens is 508 g/mol. The number of amides is 2. The number of aliphatic imine (C=N–C) groups is 1. The summed E-state index contributed by atoms with van der Waals surface area (Å²) >= 11 is 7.56. The molecule has 37 heavy (non-hydrogen) atoms. The van der Waals surface area contributed by atoms with Crippen LogP contribution in [0.2, 0.25) is 5.02 Å². The number of thioether (sulfide) groups is 1. The summed E-state index contributed by atoms with van der Waals surface area (Å²) in [6.07, 6.45) is 0.635. The summed E-state index contributed by atoms with van der Waals surface area (Å²) in [5, 5.41) is 9.99. The van der Waals surface area contributed by atoms with Gasteiger partial charge < -0.3 is 10.1 Å². The summed E-state index contributed by atoms with van der Waals surface area (Å²) in [5.41, 5.74) is 4.67. The number of rotatable bonds is 6. The lowest BCUT2D eigenvalue weighted by molar-refractivity contribution is -0.121. The van der Waals surface area contributed by atoms with Gasteiger partial charge in [-0.25, -0.2) is 5.01 Å². The highest BCUT2D eigenvalue weighted by Crippen LogP contribution is 2.39. The van der Waals surface area contributed by atoms with E-state index in [1.54, 1.807) is 36.4 Å². The summed E-state index contributed by atoms with van der Waals surface area (Å²) in [6.45, 7) is 2.04. The lowest BCUT2D eigenvalue weighted by Crippen LogP contribution is -2.25. The lowest BCUT2D eigenvalue weighted by atomic mass is 9.98. The fourth-order valence-corrected chi connectivity index (χ4v) is 5.53. The molecule has 0 spiro atoms. The van der Waals surface area contributed by atoms with Gasteiger partial charge in [-0.3, -0.25) is 9.59 Å². The van der Waals surface area contributed by atoms with E-state index in [1.807, 2.05) is 43.3 Å². The maximum Gasteiger partial charge on any atom is 0.262 e. The maximum absolute atomic E-state index is 12.8. The molecule has 0 saturated carbocycles. The maximum atomic E-state index is 12.8. The Morgan fingerprint density at radius 1 is 1.14 bits per heavy atom. The predicted octanol–water partition coefficient (Wildman–Crippen LogP) is 5.83. The quantitative estimate of drug-likeness (QED) is 0.431. The third kappa shape index (κ3) is 5.70. The fraction of sp³-hybridized carbons (Fsp3) is 0.214. The second-order valence-corrected chi connectivity index (χ2v) is 10.5. The van der Waals surface area contributed by atoms with Gasteiger partial charge in [-0.15, -0.1) is 0 Å². The molecule has 2 amide bonds. The van der Waals surface area contributed by atoms with Crippen molar-refractivity contribution in [3.8, 4) is 5.75 Å². The summed E-state index contributed by atoms with van der Waals surface area (Å²) in [6, 6.07) is 22.8. The van der Waals surface area contributed by atoms with Gasteiger partial charge in [0.25, 0.3) is 5.91 Å². The number of carbonyl (C=O) groups excluding carboxylic acids is 2. The van der Waals surface area contributed by atoms with Crippen LogP contribution in [0.3, 0.4) is 0 Å². The minimum Gasteiger partial charge on any atom is -0.497 e. The number of nitrogens with zero attached hydrogens (tertiary/aromatic N) is 3. The highest BCUT2D eigenvalue weighted by atomic mass is 35.5. The molecule has 1 N–H and O–H groups in total. The van der Waals surface area contributed by atoms with E-state index in [0.717, 1.165) is 16.8 Å². The van der Waals surface area contributed by atoms with Crippen LogP contribution in [0.5, 0.6) is 5.75 Å². The van der Waals surface area contributed by atoms with E-state index in [0.29, 0.717) is 28.0 Å². The first-order valence-corrected chi connectivity index (χ1v) is 13.1. The molecule has 2 atom stereocenters. The van der Waals surface area contributed by atoms with Crippen LogP contribution in [-0.4, -0.2) is 40.1 Å².